The Hall–Kier alpha value is -2.01. The molecule has 0 bridgehead atoms. The number of ether oxygens (including phenoxy) is 3. The van der Waals surface area contributed by atoms with E-state index < -0.39 is 36.7 Å². The van der Waals surface area contributed by atoms with Gasteiger partial charge >= 0.3 is 6.01 Å². The lowest BCUT2D eigenvalue weighted by molar-refractivity contribution is -0.132. The Bertz CT molecular complexity index is 663. The van der Waals surface area contributed by atoms with Gasteiger partial charge in [0.15, 0.2) is 6.23 Å². The topological polar surface area (TPSA) is 132 Å². The van der Waals surface area contributed by atoms with Crippen LogP contribution in [0.4, 0.5) is 0 Å². The van der Waals surface area contributed by atoms with E-state index in [1.807, 2.05) is 0 Å². The lowest BCUT2D eigenvalue weighted by atomic mass is 10.1. The van der Waals surface area contributed by atoms with Crippen molar-refractivity contribution in [2.45, 2.75) is 38.4 Å². The van der Waals surface area contributed by atoms with E-state index in [1.165, 1.54) is 17.8 Å². The quantitative estimate of drug-likeness (QED) is 0.528. The van der Waals surface area contributed by atoms with Crippen molar-refractivity contribution in [3.8, 4) is 6.01 Å². The van der Waals surface area contributed by atoms with Gasteiger partial charge in [0.1, 0.15) is 24.9 Å². The van der Waals surface area contributed by atoms with Gasteiger partial charge in [0.2, 0.25) is 5.91 Å². The van der Waals surface area contributed by atoms with Crippen LogP contribution in [0.25, 0.3) is 0 Å². The minimum atomic E-state index is -1.17. The molecular weight excluding hydrogens is 334 g/mol. The monoisotopic (exact) mass is 357 g/mol. The van der Waals surface area contributed by atoms with Crippen LogP contribution in [0.1, 0.15) is 18.7 Å². The fourth-order valence-corrected chi connectivity index (χ4v) is 2.49. The molecule has 0 spiro atoms. The number of rotatable bonds is 7. The molecule has 1 unspecified atom stereocenters. The summed E-state index contributed by atoms with van der Waals surface area (Å²) in [7, 11) is 1.46. The fourth-order valence-electron chi connectivity index (χ4n) is 2.49. The SMILES string of the molecule is CCOc1nc(=O)c(C)cn1[C@@H]1O[C@H](CO)C(O)[C@@H]1OCC(=O)NC. The van der Waals surface area contributed by atoms with E-state index in [1.54, 1.807) is 13.8 Å². The number of aliphatic hydroxyl groups excluding tert-OH is 2. The summed E-state index contributed by atoms with van der Waals surface area (Å²) in [6.07, 6.45) is -2.49. The molecule has 140 valence electrons. The molecule has 1 amide bonds. The molecular formula is C15H23N3O7. The van der Waals surface area contributed by atoms with Crippen LogP contribution in [0.15, 0.2) is 11.0 Å². The minimum Gasteiger partial charge on any atom is -0.465 e. The predicted octanol–water partition coefficient (Wildman–Crippen LogP) is -1.67. The maximum absolute atomic E-state index is 11.8. The zero-order valence-electron chi connectivity index (χ0n) is 14.3. The molecule has 3 N–H and O–H groups in total. The first-order chi connectivity index (χ1) is 11.9. The standard InChI is InChI=1S/C15H23N3O7/c1-4-23-15-17-13(22)8(2)5-18(15)14-12(24-7-10(20)16-3)11(21)9(6-19)25-14/h5,9,11-12,14,19,21H,4,6-7H2,1-3H3,(H,16,20)/t9-,11?,12+,14-/m1/s1. The highest BCUT2D eigenvalue weighted by molar-refractivity contribution is 5.76. The van der Waals surface area contributed by atoms with Crippen molar-refractivity contribution in [2.75, 3.05) is 26.9 Å². The first-order valence-electron chi connectivity index (χ1n) is 7.92. The van der Waals surface area contributed by atoms with Crippen molar-refractivity contribution in [3.63, 3.8) is 0 Å². The highest BCUT2D eigenvalue weighted by Crippen LogP contribution is 2.33. The molecule has 1 aliphatic heterocycles. The van der Waals surface area contributed by atoms with Crippen LogP contribution >= 0.6 is 0 Å². The number of carbonyl (C=O) groups is 1. The molecule has 1 aliphatic rings. The Labute approximate surface area is 144 Å². The molecule has 0 aromatic carbocycles. The molecule has 25 heavy (non-hydrogen) atoms. The number of hydrogen-bond donors (Lipinski definition) is 3. The van der Waals surface area contributed by atoms with E-state index in [4.69, 9.17) is 14.2 Å². The van der Waals surface area contributed by atoms with Crippen LogP contribution in [0, 0.1) is 6.92 Å². The minimum absolute atomic E-state index is 0.00225. The van der Waals surface area contributed by atoms with Gasteiger partial charge in [0.05, 0.1) is 13.2 Å². The third-order valence-corrected chi connectivity index (χ3v) is 3.81. The first-order valence-corrected chi connectivity index (χ1v) is 7.92. The zero-order chi connectivity index (χ0) is 18.6. The number of nitrogens with one attached hydrogen (secondary N) is 1. The molecule has 10 heteroatoms. The maximum Gasteiger partial charge on any atom is 0.301 e. The van der Waals surface area contributed by atoms with Crippen molar-refractivity contribution < 1.29 is 29.2 Å². The Morgan fingerprint density at radius 3 is 2.84 bits per heavy atom. The molecule has 0 radical (unpaired) electrons. The van der Waals surface area contributed by atoms with E-state index in [-0.39, 0.29) is 25.1 Å². The third-order valence-electron chi connectivity index (χ3n) is 3.81. The lowest BCUT2D eigenvalue weighted by Crippen LogP contribution is -2.38. The average Bonchev–Trinajstić information content (AvgIpc) is 2.91. The molecule has 1 aromatic rings. The van der Waals surface area contributed by atoms with Gasteiger partial charge in [-0.1, -0.05) is 0 Å². The van der Waals surface area contributed by atoms with Crippen LogP contribution in [0.3, 0.4) is 0 Å². The fraction of sp³-hybridized carbons (Fsp3) is 0.667. The van der Waals surface area contributed by atoms with Gasteiger partial charge in [0.25, 0.3) is 5.56 Å². The number of aromatic nitrogens is 2. The molecule has 0 saturated carbocycles. The Morgan fingerprint density at radius 2 is 2.24 bits per heavy atom. The van der Waals surface area contributed by atoms with Crippen molar-refractivity contribution >= 4 is 5.91 Å². The van der Waals surface area contributed by atoms with Crippen LogP contribution in [-0.4, -0.2) is 70.9 Å². The van der Waals surface area contributed by atoms with Crippen molar-refractivity contribution in [2.24, 2.45) is 0 Å². The number of aryl methyl sites for hydroxylation is 1. The number of nitrogens with zero attached hydrogens (tertiary/aromatic N) is 2. The summed E-state index contributed by atoms with van der Waals surface area (Å²) in [5, 5.41) is 22.1. The van der Waals surface area contributed by atoms with Crippen molar-refractivity contribution in [3.05, 3.63) is 22.1 Å². The second-order valence-electron chi connectivity index (χ2n) is 5.54. The molecule has 10 nitrogen and oxygen atoms in total. The van der Waals surface area contributed by atoms with E-state index in [2.05, 4.69) is 10.3 Å². The van der Waals surface area contributed by atoms with Gasteiger partial charge in [-0.15, -0.1) is 0 Å². The third kappa shape index (κ3) is 4.15. The summed E-state index contributed by atoms with van der Waals surface area (Å²) < 4.78 is 17.9. The first kappa shape index (κ1) is 19.3. The number of carbonyl (C=O) groups excluding carboxylic acids is 1. The van der Waals surface area contributed by atoms with Crippen LogP contribution in [-0.2, 0) is 14.3 Å². The predicted molar refractivity (Wildman–Crippen MR) is 85.2 cm³/mol. The molecule has 1 aromatic heterocycles. The highest BCUT2D eigenvalue weighted by Gasteiger charge is 2.46. The van der Waals surface area contributed by atoms with Crippen molar-refractivity contribution in [1.82, 2.24) is 14.9 Å². The normalized spacial score (nSPS) is 25.8. The Balaban J connectivity index is 2.37. The highest BCUT2D eigenvalue weighted by atomic mass is 16.6. The molecule has 4 atom stereocenters. The largest absolute Gasteiger partial charge is 0.465 e. The van der Waals surface area contributed by atoms with E-state index in [0.717, 1.165) is 0 Å². The molecule has 1 fully saturated rings. The van der Waals surface area contributed by atoms with Crippen molar-refractivity contribution in [1.29, 1.82) is 0 Å². The summed E-state index contributed by atoms with van der Waals surface area (Å²) in [5.41, 5.74) is -0.0983. The van der Waals surface area contributed by atoms with Gasteiger partial charge < -0.3 is 29.7 Å². The summed E-state index contributed by atoms with van der Waals surface area (Å²) in [5.74, 6) is -0.377. The van der Waals surface area contributed by atoms with Gasteiger partial charge in [-0.05, 0) is 13.8 Å². The average molecular weight is 357 g/mol. The molecule has 2 rings (SSSR count). The second-order valence-corrected chi connectivity index (χ2v) is 5.54. The summed E-state index contributed by atoms with van der Waals surface area (Å²) in [6, 6.07) is 0.00225. The second kappa shape index (κ2) is 8.39. The van der Waals surface area contributed by atoms with E-state index in [0.29, 0.717) is 5.56 Å². The van der Waals surface area contributed by atoms with E-state index in [9.17, 15) is 19.8 Å². The Kier molecular flexibility index (Phi) is 6.48. The molecule has 2 heterocycles. The van der Waals surface area contributed by atoms with E-state index >= 15 is 0 Å². The number of amides is 1. The number of aliphatic hydroxyl groups is 2. The Morgan fingerprint density at radius 1 is 1.52 bits per heavy atom. The van der Waals surface area contributed by atoms with Gasteiger partial charge in [-0.3, -0.25) is 14.2 Å². The maximum atomic E-state index is 11.8. The van der Waals surface area contributed by atoms with Gasteiger partial charge in [0, 0.05) is 18.8 Å². The van der Waals surface area contributed by atoms with Crippen LogP contribution in [0.2, 0.25) is 0 Å². The summed E-state index contributed by atoms with van der Waals surface area (Å²) in [6.45, 7) is 2.84. The summed E-state index contributed by atoms with van der Waals surface area (Å²) in [4.78, 5) is 27.1. The van der Waals surface area contributed by atoms with Gasteiger partial charge in [-0.25, -0.2) is 0 Å². The zero-order valence-corrected chi connectivity index (χ0v) is 14.3. The number of hydrogen-bond acceptors (Lipinski definition) is 8. The summed E-state index contributed by atoms with van der Waals surface area (Å²) >= 11 is 0. The smallest absolute Gasteiger partial charge is 0.301 e. The van der Waals surface area contributed by atoms with Crippen LogP contribution in [0.5, 0.6) is 6.01 Å². The van der Waals surface area contributed by atoms with Crippen LogP contribution < -0.4 is 15.6 Å². The number of likely N-dealkylation sites (N-methyl/N-ethyl adjacent to an activating group) is 1. The van der Waals surface area contributed by atoms with Gasteiger partial charge in [-0.2, -0.15) is 4.98 Å². The molecule has 1 saturated heterocycles. The molecule has 0 aliphatic carbocycles. The lowest BCUT2D eigenvalue weighted by Gasteiger charge is -2.24.